The third-order valence-corrected chi connectivity index (χ3v) is 3.81. The third kappa shape index (κ3) is 4.10. The number of nitrogens with one attached hydrogen (secondary N) is 1. The van der Waals surface area contributed by atoms with Gasteiger partial charge in [-0.05, 0) is 53.8 Å². The van der Waals surface area contributed by atoms with Gasteiger partial charge in [0.15, 0.2) is 17.6 Å². The molecule has 2 aromatic carbocycles. The van der Waals surface area contributed by atoms with E-state index in [1.165, 1.54) is 0 Å². The minimum absolute atomic E-state index is 0.204. The average Bonchev–Trinajstić information content (AvgIpc) is 2.50. The molecule has 1 N–H and O–H groups in total. The minimum Gasteiger partial charge on any atom is -0.493 e. The normalized spacial score (nSPS) is 11.6. The van der Waals surface area contributed by atoms with Crippen molar-refractivity contribution >= 4 is 34.2 Å². The standard InChI is InChI=1S/C16H16INO3/c1-11(21-15-10-6-5-9-14(15)20-2)16(19)18-13-8-4-3-7-12(13)17/h3-11H,1-2H3,(H,18,19). The molecule has 0 heterocycles. The van der Waals surface area contributed by atoms with Gasteiger partial charge < -0.3 is 14.8 Å². The lowest BCUT2D eigenvalue weighted by molar-refractivity contribution is -0.122. The summed E-state index contributed by atoms with van der Waals surface area (Å²) in [5, 5.41) is 2.86. The molecule has 0 fully saturated rings. The van der Waals surface area contributed by atoms with Crippen LogP contribution in [0.3, 0.4) is 0 Å². The molecular formula is C16H16INO3. The summed E-state index contributed by atoms with van der Waals surface area (Å²) < 4.78 is 11.9. The molecule has 0 saturated heterocycles. The van der Waals surface area contributed by atoms with E-state index < -0.39 is 6.10 Å². The van der Waals surface area contributed by atoms with Crippen LogP contribution in [0, 0.1) is 3.57 Å². The fraction of sp³-hybridized carbons (Fsp3) is 0.188. The first kappa shape index (κ1) is 15.6. The number of amides is 1. The van der Waals surface area contributed by atoms with Gasteiger partial charge in [0.2, 0.25) is 0 Å². The lowest BCUT2D eigenvalue weighted by Gasteiger charge is -2.17. The van der Waals surface area contributed by atoms with Crippen molar-refractivity contribution in [3.63, 3.8) is 0 Å². The van der Waals surface area contributed by atoms with E-state index in [4.69, 9.17) is 9.47 Å². The van der Waals surface area contributed by atoms with Crippen molar-refractivity contribution < 1.29 is 14.3 Å². The first-order chi connectivity index (χ1) is 10.1. The van der Waals surface area contributed by atoms with Crippen LogP contribution in [0.25, 0.3) is 0 Å². The van der Waals surface area contributed by atoms with Gasteiger partial charge in [-0.15, -0.1) is 0 Å². The van der Waals surface area contributed by atoms with E-state index in [1.807, 2.05) is 36.4 Å². The molecule has 1 amide bonds. The van der Waals surface area contributed by atoms with E-state index in [0.717, 1.165) is 9.26 Å². The van der Waals surface area contributed by atoms with Crippen molar-refractivity contribution in [3.8, 4) is 11.5 Å². The number of halogens is 1. The molecule has 0 aromatic heterocycles. The first-order valence-corrected chi connectivity index (χ1v) is 7.54. The molecule has 0 aliphatic rings. The zero-order valence-electron chi connectivity index (χ0n) is 11.8. The molecule has 2 rings (SSSR count). The number of carbonyl (C=O) groups excluding carboxylic acids is 1. The Morgan fingerprint density at radius 3 is 2.38 bits per heavy atom. The molecule has 21 heavy (non-hydrogen) atoms. The molecule has 1 atom stereocenters. The van der Waals surface area contributed by atoms with Gasteiger partial charge in [-0.2, -0.15) is 0 Å². The Bertz CT molecular complexity index is 630. The van der Waals surface area contributed by atoms with Crippen molar-refractivity contribution in [2.24, 2.45) is 0 Å². The van der Waals surface area contributed by atoms with E-state index in [0.29, 0.717) is 11.5 Å². The number of anilines is 1. The Hall–Kier alpha value is -1.76. The number of rotatable bonds is 5. The van der Waals surface area contributed by atoms with Crippen LogP contribution in [0.1, 0.15) is 6.92 Å². The number of hydrogen-bond donors (Lipinski definition) is 1. The molecule has 0 saturated carbocycles. The van der Waals surface area contributed by atoms with Crippen molar-refractivity contribution in [3.05, 3.63) is 52.1 Å². The van der Waals surface area contributed by atoms with Gasteiger partial charge in [-0.25, -0.2) is 0 Å². The maximum atomic E-state index is 12.2. The van der Waals surface area contributed by atoms with Gasteiger partial charge in [0, 0.05) is 3.57 Å². The predicted molar refractivity (Wildman–Crippen MR) is 90.9 cm³/mol. The topological polar surface area (TPSA) is 47.6 Å². The maximum absolute atomic E-state index is 12.2. The van der Waals surface area contributed by atoms with Crippen LogP contribution in [0.5, 0.6) is 11.5 Å². The molecule has 0 radical (unpaired) electrons. The number of carbonyl (C=O) groups is 1. The Morgan fingerprint density at radius 1 is 1.10 bits per heavy atom. The van der Waals surface area contributed by atoms with Crippen molar-refractivity contribution in [2.75, 3.05) is 12.4 Å². The smallest absolute Gasteiger partial charge is 0.265 e. The molecule has 1 unspecified atom stereocenters. The highest BCUT2D eigenvalue weighted by Crippen LogP contribution is 2.27. The molecule has 0 aliphatic carbocycles. The number of benzene rings is 2. The molecule has 5 heteroatoms. The van der Waals surface area contributed by atoms with Crippen molar-refractivity contribution in [1.82, 2.24) is 0 Å². The molecule has 0 spiro atoms. The van der Waals surface area contributed by atoms with E-state index >= 15 is 0 Å². The Labute approximate surface area is 137 Å². The molecule has 2 aromatic rings. The first-order valence-electron chi connectivity index (χ1n) is 6.47. The second kappa shape index (κ2) is 7.31. The van der Waals surface area contributed by atoms with Crippen LogP contribution >= 0.6 is 22.6 Å². The fourth-order valence-electron chi connectivity index (χ4n) is 1.76. The highest BCUT2D eigenvalue weighted by molar-refractivity contribution is 14.1. The van der Waals surface area contributed by atoms with E-state index in [-0.39, 0.29) is 5.91 Å². The number of methoxy groups -OCH3 is 1. The summed E-state index contributed by atoms with van der Waals surface area (Å²) in [6, 6.07) is 14.8. The molecular weight excluding hydrogens is 381 g/mol. The quantitative estimate of drug-likeness (QED) is 0.783. The van der Waals surface area contributed by atoms with Gasteiger partial charge in [0.1, 0.15) is 0 Å². The molecule has 0 bridgehead atoms. The van der Waals surface area contributed by atoms with Gasteiger partial charge in [-0.3, -0.25) is 4.79 Å². The lowest BCUT2D eigenvalue weighted by Crippen LogP contribution is -2.30. The van der Waals surface area contributed by atoms with Gasteiger partial charge >= 0.3 is 0 Å². The fourth-order valence-corrected chi connectivity index (χ4v) is 2.28. The van der Waals surface area contributed by atoms with Crippen LogP contribution in [-0.4, -0.2) is 19.1 Å². The largest absolute Gasteiger partial charge is 0.493 e. The average molecular weight is 397 g/mol. The lowest BCUT2D eigenvalue weighted by atomic mass is 10.3. The minimum atomic E-state index is -0.627. The second-order valence-corrected chi connectivity index (χ2v) is 5.54. The van der Waals surface area contributed by atoms with Gasteiger partial charge in [0.05, 0.1) is 12.8 Å². The van der Waals surface area contributed by atoms with Crippen LogP contribution in [-0.2, 0) is 4.79 Å². The van der Waals surface area contributed by atoms with Crippen LogP contribution in [0.2, 0.25) is 0 Å². The highest BCUT2D eigenvalue weighted by Gasteiger charge is 2.17. The second-order valence-electron chi connectivity index (χ2n) is 4.38. The van der Waals surface area contributed by atoms with Crippen LogP contribution < -0.4 is 14.8 Å². The summed E-state index contributed by atoms with van der Waals surface area (Å²) in [7, 11) is 1.57. The van der Waals surface area contributed by atoms with Crippen molar-refractivity contribution in [1.29, 1.82) is 0 Å². The van der Waals surface area contributed by atoms with E-state index in [2.05, 4.69) is 27.9 Å². The monoisotopic (exact) mass is 397 g/mol. The molecule has 110 valence electrons. The van der Waals surface area contributed by atoms with Crippen LogP contribution in [0.4, 0.5) is 5.69 Å². The number of hydrogen-bond acceptors (Lipinski definition) is 3. The van der Waals surface area contributed by atoms with Gasteiger partial charge in [-0.1, -0.05) is 24.3 Å². The third-order valence-electron chi connectivity index (χ3n) is 2.87. The Balaban J connectivity index is 2.05. The summed E-state index contributed by atoms with van der Waals surface area (Å²) >= 11 is 2.18. The molecule has 0 aliphatic heterocycles. The SMILES string of the molecule is COc1ccccc1OC(C)C(=O)Nc1ccccc1I. The van der Waals surface area contributed by atoms with Gasteiger partial charge in [0.25, 0.3) is 5.91 Å². The zero-order valence-corrected chi connectivity index (χ0v) is 14.0. The van der Waals surface area contributed by atoms with Crippen molar-refractivity contribution in [2.45, 2.75) is 13.0 Å². The summed E-state index contributed by atoms with van der Waals surface area (Å²) in [6.07, 6.45) is -0.627. The summed E-state index contributed by atoms with van der Waals surface area (Å²) in [5.41, 5.74) is 0.776. The zero-order chi connectivity index (χ0) is 15.2. The highest BCUT2D eigenvalue weighted by atomic mass is 127. The summed E-state index contributed by atoms with van der Waals surface area (Å²) in [5.74, 6) is 0.946. The predicted octanol–water partition coefficient (Wildman–Crippen LogP) is 3.71. The maximum Gasteiger partial charge on any atom is 0.265 e. The Kier molecular flexibility index (Phi) is 5.44. The van der Waals surface area contributed by atoms with E-state index in [9.17, 15) is 4.79 Å². The Morgan fingerprint density at radius 2 is 1.71 bits per heavy atom. The van der Waals surface area contributed by atoms with E-state index in [1.54, 1.807) is 26.2 Å². The summed E-state index contributed by atoms with van der Waals surface area (Å²) in [6.45, 7) is 1.71. The molecule has 4 nitrogen and oxygen atoms in total. The summed E-state index contributed by atoms with van der Waals surface area (Å²) in [4.78, 5) is 12.2. The number of para-hydroxylation sites is 3. The van der Waals surface area contributed by atoms with Crippen LogP contribution in [0.15, 0.2) is 48.5 Å². The number of ether oxygens (including phenoxy) is 2.